The summed E-state index contributed by atoms with van der Waals surface area (Å²) < 4.78 is 0. The second-order valence-corrected chi connectivity index (χ2v) is 5.17. The van der Waals surface area contributed by atoms with Crippen molar-refractivity contribution in [3.8, 4) is 0 Å². The van der Waals surface area contributed by atoms with Crippen LogP contribution in [0.1, 0.15) is 25.3 Å². The summed E-state index contributed by atoms with van der Waals surface area (Å²) in [7, 11) is 1.75. The van der Waals surface area contributed by atoms with Crippen LogP contribution in [0.4, 0.5) is 5.69 Å². The molecule has 5 heteroatoms. The number of hydrogen-bond donors (Lipinski definition) is 2. The van der Waals surface area contributed by atoms with Crippen molar-refractivity contribution in [3.05, 3.63) is 29.8 Å². The minimum Gasteiger partial charge on any atom is -0.342 e. The summed E-state index contributed by atoms with van der Waals surface area (Å²) in [5.74, 6) is 0.00372. The predicted octanol–water partition coefficient (Wildman–Crippen LogP) is 1.36. The minimum absolute atomic E-state index is 0.000396. The summed E-state index contributed by atoms with van der Waals surface area (Å²) in [5, 5.41) is 6.14. The molecule has 2 N–H and O–H groups in total. The highest BCUT2D eigenvalue weighted by atomic mass is 16.2. The van der Waals surface area contributed by atoms with Gasteiger partial charge in [-0.05, 0) is 31.0 Å². The van der Waals surface area contributed by atoms with E-state index in [1.54, 1.807) is 11.9 Å². The first-order valence-electron chi connectivity index (χ1n) is 6.92. The van der Waals surface area contributed by atoms with E-state index >= 15 is 0 Å². The molecule has 0 radical (unpaired) electrons. The van der Waals surface area contributed by atoms with Gasteiger partial charge in [-0.1, -0.05) is 18.2 Å². The van der Waals surface area contributed by atoms with Crippen LogP contribution in [0.5, 0.6) is 0 Å². The van der Waals surface area contributed by atoms with E-state index < -0.39 is 0 Å². The van der Waals surface area contributed by atoms with Crippen molar-refractivity contribution < 1.29 is 9.59 Å². The molecule has 0 saturated carbocycles. The summed E-state index contributed by atoms with van der Waals surface area (Å²) in [5.41, 5.74) is 1.72. The van der Waals surface area contributed by atoms with Gasteiger partial charge in [-0.25, -0.2) is 0 Å². The molecule has 1 aromatic rings. The zero-order chi connectivity index (χ0) is 14.5. The summed E-state index contributed by atoms with van der Waals surface area (Å²) in [6, 6.07) is 7.49. The standard InChI is InChI=1S/C15H21N3O2/c1-11(19)18(2)10-12-6-3-4-7-13(12)17-15(20)14-8-5-9-16-14/h3-4,6-7,14,16H,5,8-10H2,1-2H3,(H,17,20). The van der Waals surface area contributed by atoms with Crippen LogP contribution in [0.25, 0.3) is 0 Å². The summed E-state index contributed by atoms with van der Waals surface area (Å²) in [6.45, 7) is 2.92. The smallest absolute Gasteiger partial charge is 0.241 e. The van der Waals surface area contributed by atoms with Gasteiger partial charge < -0.3 is 15.5 Å². The van der Waals surface area contributed by atoms with Gasteiger partial charge in [0.05, 0.1) is 6.04 Å². The Labute approximate surface area is 119 Å². The number of benzene rings is 1. The summed E-state index contributed by atoms with van der Waals surface area (Å²) >= 11 is 0. The Morgan fingerprint density at radius 3 is 2.80 bits per heavy atom. The number of carbonyl (C=O) groups excluding carboxylic acids is 2. The van der Waals surface area contributed by atoms with E-state index in [1.165, 1.54) is 6.92 Å². The summed E-state index contributed by atoms with van der Waals surface area (Å²) in [6.07, 6.45) is 1.91. The van der Waals surface area contributed by atoms with E-state index in [0.29, 0.717) is 6.54 Å². The maximum absolute atomic E-state index is 12.1. The first-order valence-corrected chi connectivity index (χ1v) is 6.92. The topological polar surface area (TPSA) is 61.4 Å². The number of nitrogens with one attached hydrogen (secondary N) is 2. The third-order valence-corrected chi connectivity index (χ3v) is 3.60. The van der Waals surface area contributed by atoms with E-state index in [9.17, 15) is 9.59 Å². The quantitative estimate of drug-likeness (QED) is 0.872. The predicted molar refractivity (Wildman–Crippen MR) is 78.2 cm³/mol. The highest BCUT2D eigenvalue weighted by Crippen LogP contribution is 2.18. The van der Waals surface area contributed by atoms with Crippen molar-refractivity contribution in [2.75, 3.05) is 18.9 Å². The summed E-state index contributed by atoms with van der Waals surface area (Å²) in [4.78, 5) is 25.1. The molecule has 1 aliphatic rings. The maximum Gasteiger partial charge on any atom is 0.241 e. The van der Waals surface area contributed by atoms with Crippen LogP contribution in [-0.4, -0.2) is 36.3 Å². The average molecular weight is 275 g/mol. The van der Waals surface area contributed by atoms with Crippen LogP contribution in [0.3, 0.4) is 0 Å². The number of anilines is 1. The molecule has 108 valence electrons. The molecule has 1 heterocycles. The first kappa shape index (κ1) is 14.5. The van der Waals surface area contributed by atoms with Gasteiger partial charge in [0.1, 0.15) is 0 Å². The molecule has 1 aliphatic heterocycles. The Hall–Kier alpha value is -1.88. The van der Waals surface area contributed by atoms with Crippen molar-refractivity contribution in [1.82, 2.24) is 10.2 Å². The van der Waals surface area contributed by atoms with E-state index in [4.69, 9.17) is 0 Å². The van der Waals surface area contributed by atoms with Crippen LogP contribution < -0.4 is 10.6 Å². The second-order valence-electron chi connectivity index (χ2n) is 5.17. The van der Waals surface area contributed by atoms with Crippen molar-refractivity contribution in [1.29, 1.82) is 0 Å². The molecule has 0 aliphatic carbocycles. The maximum atomic E-state index is 12.1. The lowest BCUT2D eigenvalue weighted by Gasteiger charge is -2.19. The van der Waals surface area contributed by atoms with Gasteiger partial charge in [-0.2, -0.15) is 0 Å². The van der Waals surface area contributed by atoms with Gasteiger partial charge in [0.2, 0.25) is 11.8 Å². The Kier molecular flexibility index (Phi) is 4.74. The molecular weight excluding hydrogens is 254 g/mol. The van der Waals surface area contributed by atoms with Gasteiger partial charge in [0, 0.05) is 26.2 Å². The van der Waals surface area contributed by atoms with Gasteiger partial charge in [0.15, 0.2) is 0 Å². The van der Waals surface area contributed by atoms with Crippen molar-refractivity contribution >= 4 is 17.5 Å². The largest absolute Gasteiger partial charge is 0.342 e. The average Bonchev–Trinajstić information content (AvgIpc) is 2.94. The van der Waals surface area contributed by atoms with Crippen molar-refractivity contribution in [2.45, 2.75) is 32.4 Å². The third kappa shape index (κ3) is 3.57. The molecule has 1 fully saturated rings. The van der Waals surface area contributed by atoms with Crippen molar-refractivity contribution in [2.24, 2.45) is 0 Å². The van der Waals surface area contributed by atoms with E-state index in [1.807, 2.05) is 24.3 Å². The number of para-hydroxylation sites is 1. The highest BCUT2D eigenvalue weighted by Gasteiger charge is 2.22. The molecule has 5 nitrogen and oxygen atoms in total. The molecule has 20 heavy (non-hydrogen) atoms. The number of rotatable bonds is 4. The fourth-order valence-electron chi connectivity index (χ4n) is 2.28. The number of carbonyl (C=O) groups is 2. The Morgan fingerprint density at radius 1 is 1.40 bits per heavy atom. The monoisotopic (exact) mass is 275 g/mol. The zero-order valence-corrected chi connectivity index (χ0v) is 12.0. The Balaban J connectivity index is 2.07. The van der Waals surface area contributed by atoms with Crippen LogP contribution >= 0.6 is 0 Å². The minimum atomic E-state index is -0.103. The number of hydrogen-bond acceptors (Lipinski definition) is 3. The molecule has 1 aromatic carbocycles. The fourth-order valence-corrected chi connectivity index (χ4v) is 2.28. The highest BCUT2D eigenvalue weighted by molar-refractivity contribution is 5.95. The molecule has 1 saturated heterocycles. The van der Waals surface area contributed by atoms with Crippen LogP contribution in [-0.2, 0) is 16.1 Å². The molecule has 0 aromatic heterocycles. The third-order valence-electron chi connectivity index (χ3n) is 3.60. The van der Waals surface area contributed by atoms with Crippen LogP contribution in [0.2, 0.25) is 0 Å². The van der Waals surface area contributed by atoms with Crippen LogP contribution in [0, 0.1) is 0 Å². The lowest BCUT2D eigenvalue weighted by atomic mass is 10.1. The van der Waals surface area contributed by atoms with E-state index in [0.717, 1.165) is 30.6 Å². The molecule has 0 bridgehead atoms. The zero-order valence-electron chi connectivity index (χ0n) is 12.0. The molecule has 2 amide bonds. The van der Waals surface area contributed by atoms with E-state index in [-0.39, 0.29) is 17.9 Å². The normalized spacial score (nSPS) is 17.8. The molecule has 1 unspecified atom stereocenters. The lowest BCUT2D eigenvalue weighted by Crippen LogP contribution is -2.36. The number of amides is 2. The number of nitrogens with zero attached hydrogens (tertiary/aromatic N) is 1. The van der Waals surface area contributed by atoms with Gasteiger partial charge in [-0.3, -0.25) is 9.59 Å². The Bertz CT molecular complexity index is 496. The molecular formula is C15H21N3O2. The van der Waals surface area contributed by atoms with E-state index in [2.05, 4.69) is 10.6 Å². The van der Waals surface area contributed by atoms with Crippen LogP contribution in [0.15, 0.2) is 24.3 Å². The fraction of sp³-hybridized carbons (Fsp3) is 0.467. The van der Waals surface area contributed by atoms with Gasteiger partial charge >= 0.3 is 0 Å². The molecule has 2 rings (SSSR count). The SMILES string of the molecule is CC(=O)N(C)Cc1ccccc1NC(=O)C1CCCN1. The molecule has 0 spiro atoms. The second kappa shape index (κ2) is 6.52. The lowest BCUT2D eigenvalue weighted by molar-refractivity contribution is -0.128. The van der Waals surface area contributed by atoms with Crippen molar-refractivity contribution in [3.63, 3.8) is 0 Å². The first-order chi connectivity index (χ1) is 9.58. The van der Waals surface area contributed by atoms with Gasteiger partial charge in [-0.15, -0.1) is 0 Å². The molecule has 1 atom stereocenters. The van der Waals surface area contributed by atoms with Gasteiger partial charge in [0.25, 0.3) is 0 Å². The Morgan fingerprint density at radius 2 is 2.15 bits per heavy atom.